The first-order valence-electron chi connectivity index (χ1n) is 7.53. The summed E-state index contributed by atoms with van der Waals surface area (Å²) in [5, 5.41) is 4.74. The maximum absolute atomic E-state index is 6.07. The highest BCUT2D eigenvalue weighted by atomic mass is 35.5. The highest BCUT2D eigenvalue weighted by Gasteiger charge is 2.26. The van der Waals surface area contributed by atoms with Crippen molar-refractivity contribution >= 4 is 11.6 Å². The molecule has 0 spiro atoms. The van der Waals surface area contributed by atoms with Crippen molar-refractivity contribution in [3.8, 4) is 0 Å². The van der Waals surface area contributed by atoms with Gasteiger partial charge in [-0.05, 0) is 62.0 Å². The van der Waals surface area contributed by atoms with Crippen LogP contribution in [-0.4, -0.2) is 30.6 Å². The van der Waals surface area contributed by atoms with Crippen LogP contribution in [0, 0.1) is 0 Å². The van der Waals surface area contributed by atoms with Gasteiger partial charge < -0.3 is 10.2 Å². The van der Waals surface area contributed by atoms with Gasteiger partial charge in [0.25, 0.3) is 0 Å². The molecule has 0 saturated carbocycles. The second kappa shape index (κ2) is 5.82. The number of rotatable bonds is 3. The van der Waals surface area contributed by atoms with Crippen LogP contribution in [0.5, 0.6) is 0 Å². The maximum atomic E-state index is 6.07. The molecule has 2 nitrogen and oxygen atoms in total. The molecule has 3 rings (SSSR count). The smallest absolute Gasteiger partial charge is 0.0408 e. The second-order valence-corrected chi connectivity index (χ2v) is 6.27. The highest BCUT2D eigenvalue weighted by molar-refractivity contribution is 6.30. The van der Waals surface area contributed by atoms with Gasteiger partial charge in [0.2, 0.25) is 0 Å². The van der Waals surface area contributed by atoms with E-state index in [1.165, 1.54) is 50.0 Å². The number of nitrogens with one attached hydrogen (secondary N) is 1. The minimum atomic E-state index is 0.536. The van der Waals surface area contributed by atoms with Crippen LogP contribution >= 0.6 is 11.6 Å². The Morgan fingerprint density at radius 1 is 1.37 bits per heavy atom. The number of fused-ring (bicyclic) bond motifs is 1. The normalized spacial score (nSPS) is 27.5. The van der Waals surface area contributed by atoms with Crippen LogP contribution in [0.1, 0.15) is 43.4 Å². The molecule has 1 aliphatic carbocycles. The quantitative estimate of drug-likeness (QED) is 0.912. The number of nitrogens with zero attached hydrogens (tertiary/aromatic N) is 1. The van der Waals surface area contributed by atoms with Crippen molar-refractivity contribution in [1.29, 1.82) is 0 Å². The lowest BCUT2D eigenvalue weighted by Crippen LogP contribution is -2.46. The van der Waals surface area contributed by atoms with E-state index in [2.05, 4.69) is 29.3 Å². The van der Waals surface area contributed by atoms with E-state index in [1.54, 1.807) is 0 Å². The molecule has 3 heteroatoms. The molecule has 2 unspecified atom stereocenters. The van der Waals surface area contributed by atoms with Crippen molar-refractivity contribution < 1.29 is 0 Å². The third kappa shape index (κ3) is 2.96. The summed E-state index contributed by atoms with van der Waals surface area (Å²) in [7, 11) is 0. The largest absolute Gasteiger partial charge is 0.306 e. The summed E-state index contributed by atoms with van der Waals surface area (Å²) < 4.78 is 0. The Bertz CT molecular complexity index is 446. The van der Waals surface area contributed by atoms with Crippen LogP contribution in [0.2, 0.25) is 5.02 Å². The highest BCUT2D eigenvalue weighted by Crippen LogP contribution is 2.33. The molecule has 0 bridgehead atoms. The van der Waals surface area contributed by atoms with Crippen LogP contribution in [0.4, 0.5) is 0 Å². The lowest BCUT2D eigenvalue weighted by atomic mass is 10.0. The summed E-state index contributed by atoms with van der Waals surface area (Å²) in [6.45, 7) is 5.91. The average Bonchev–Trinajstić information content (AvgIpc) is 2.81. The van der Waals surface area contributed by atoms with Crippen LogP contribution in [0.25, 0.3) is 0 Å². The van der Waals surface area contributed by atoms with Gasteiger partial charge in [-0.1, -0.05) is 24.6 Å². The Kier molecular flexibility index (Phi) is 4.11. The van der Waals surface area contributed by atoms with Crippen molar-refractivity contribution in [1.82, 2.24) is 10.2 Å². The molecule has 1 saturated heterocycles. The molecule has 0 amide bonds. The Hall–Kier alpha value is -0.570. The Labute approximate surface area is 121 Å². The van der Waals surface area contributed by atoms with Crippen molar-refractivity contribution in [3.05, 3.63) is 34.3 Å². The van der Waals surface area contributed by atoms with Gasteiger partial charge in [-0.3, -0.25) is 0 Å². The molecular formula is C16H23ClN2. The first kappa shape index (κ1) is 13.4. The summed E-state index contributed by atoms with van der Waals surface area (Å²) >= 11 is 6.07. The molecule has 1 aromatic rings. The van der Waals surface area contributed by atoms with Gasteiger partial charge in [-0.15, -0.1) is 0 Å². The summed E-state index contributed by atoms with van der Waals surface area (Å²) in [5.74, 6) is 0. The summed E-state index contributed by atoms with van der Waals surface area (Å²) in [6.07, 6.45) is 5.03. The summed E-state index contributed by atoms with van der Waals surface area (Å²) in [5.41, 5.74) is 2.91. The van der Waals surface area contributed by atoms with E-state index in [9.17, 15) is 0 Å². The fraction of sp³-hybridized carbons (Fsp3) is 0.625. The molecule has 1 aliphatic heterocycles. The molecule has 1 fully saturated rings. The number of piperidine rings is 1. The number of benzene rings is 1. The molecule has 1 aromatic carbocycles. The summed E-state index contributed by atoms with van der Waals surface area (Å²) in [6, 6.07) is 7.56. The van der Waals surface area contributed by atoms with Crippen LogP contribution in [0.3, 0.4) is 0 Å². The second-order valence-electron chi connectivity index (χ2n) is 5.83. The maximum Gasteiger partial charge on any atom is 0.0408 e. The van der Waals surface area contributed by atoms with Gasteiger partial charge >= 0.3 is 0 Å². The van der Waals surface area contributed by atoms with E-state index in [-0.39, 0.29) is 0 Å². The van der Waals surface area contributed by atoms with Crippen LogP contribution in [-0.2, 0) is 6.42 Å². The van der Waals surface area contributed by atoms with Crippen LogP contribution < -0.4 is 5.32 Å². The zero-order valence-electron chi connectivity index (χ0n) is 11.7. The Morgan fingerprint density at radius 3 is 3.11 bits per heavy atom. The standard InChI is InChI=1S/C16H23ClN2/c1-2-19-9-3-4-14(11-19)18-16-8-5-12-10-13(17)6-7-15(12)16/h6-7,10,14,16,18H,2-5,8-9,11H2,1H3. The molecule has 1 N–H and O–H groups in total. The van der Waals surface area contributed by atoms with Crippen molar-refractivity contribution in [2.24, 2.45) is 0 Å². The zero-order valence-corrected chi connectivity index (χ0v) is 12.4. The minimum Gasteiger partial charge on any atom is -0.306 e. The zero-order chi connectivity index (χ0) is 13.2. The number of halogens is 1. The monoisotopic (exact) mass is 278 g/mol. The molecule has 2 atom stereocenters. The SMILES string of the molecule is CCN1CCCC(NC2CCc3cc(Cl)ccc32)C1. The molecule has 104 valence electrons. The molecule has 0 aromatic heterocycles. The van der Waals surface area contributed by atoms with Gasteiger partial charge in [0, 0.05) is 23.7 Å². The molecule has 1 heterocycles. The third-order valence-corrected chi connectivity index (χ3v) is 4.81. The van der Waals surface area contributed by atoms with Crippen molar-refractivity contribution in [3.63, 3.8) is 0 Å². The van der Waals surface area contributed by atoms with Crippen molar-refractivity contribution in [2.75, 3.05) is 19.6 Å². The van der Waals surface area contributed by atoms with E-state index in [0.29, 0.717) is 12.1 Å². The lowest BCUT2D eigenvalue weighted by molar-refractivity contribution is 0.190. The molecular weight excluding hydrogens is 256 g/mol. The van der Waals surface area contributed by atoms with Crippen LogP contribution in [0.15, 0.2) is 18.2 Å². The number of likely N-dealkylation sites (tertiary alicyclic amines) is 1. The predicted octanol–water partition coefficient (Wildman–Crippen LogP) is 3.40. The third-order valence-electron chi connectivity index (χ3n) is 4.57. The summed E-state index contributed by atoms with van der Waals surface area (Å²) in [4.78, 5) is 2.55. The molecule has 19 heavy (non-hydrogen) atoms. The Balaban J connectivity index is 1.66. The lowest BCUT2D eigenvalue weighted by Gasteiger charge is -2.34. The fourth-order valence-corrected chi connectivity index (χ4v) is 3.72. The Morgan fingerprint density at radius 2 is 2.26 bits per heavy atom. The molecule has 2 aliphatic rings. The number of aryl methyl sites for hydroxylation is 1. The number of likely N-dealkylation sites (N-methyl/N-ethyl adjacent to an activating group) is 1. The fourth-order valence-electron chi connectivity index (χ4n) is 3.52. The van der Waals surface area contributed by atoms with Gasteiger partial charge in [-0.2, -0.15) is 0 Å². The minimum absolute atomic E-state index is 0.536. The first-order valence-corrected chi connectivity index (χ1v) is 7.91. The van der Waals surface area contributed by atoms with E-state index >= 15 is 0 Å². The van der Waals surface area contributed by atoms with Gasteiger partial charge in [0.1, 0.15) is 0 Å². The van der Waals surface area contributed by atoms with Gasteiger partial charge in [0.05, 0.1) is 0 Å². The van der Waals surface area contributed by atoms with Gasteiger partial charge in [0.15, 0.2) is 0 Å². The van der Waals surface area contributed by atoms with E-state index in [1.807, 2.05) is 6.07 Å². The predicted molar refractivity (Wildman–Crippen MR) is 80.8 cm³/mol. The van der Waals surface area contributed by atoms with E-state index < -0.39 is 0 Å². The topological polar surface area (TPSA) is 15.3 Å². The molecule has 0 radical (unpaired) electrons. The van der Waals surface area contributed by atoms with E-state index in [0.717, 1.165) is 11.4 Å². The first-order chi connectivity index (χ1) is 9.26. The average molecular weight is 279 g/mol. The van der Waals surface area contributed by atoms with Gasteiger partial charge in [-0.25, -0.2) is 0 Å². The van der Waals surface area contributed by atoms with Crippen molar-refractivity contribution in [2.45, 2.75) is 44.7 Å². The van der Waals surface area contributed by atoms with E-state index in [4.69, 9.17) is 11.6 Å². The number of hydrogen-bond donors (Lipinski definition) is 1. The number of hydrogen-bond acceptors (Lipinski definition) is 2.